The summed E-state index contributed by atoms with van der Waals surface area (Å²) >= 11 is 4.19. The summed E-state index contributed by atoms with van der Waals surface area (Å²) in [5, 5.41) is 5.82. The van der Waals surface area contributed by atoms with Crippen LogP contribution in [0.4, 0.5) is 0 Å². The Balaban J connectivity index is 2.14. The highest BCUT2D eigenvalue weighted by atomic mass is 127. The highest BCUT2D eigenvalue weighted by molar-refractivity contribution is 14.1. The first-order chi connectivity index (χ1) is 9.24. The molecule has 2 rings (SSSR count). The normalized spacial score (nSPS) is 12.8. The van der Waals surface area contributed by atoms with E-state index < -0.39 is 0 Å². The fourth-order valence-corrected chi connectivity index (χ4v) is 3.64. The summed E-state index contributed by atoms with van der Waals surface area (Å²) in [5.74, 6) is 1.18. The minimum absolute atomic E-state index is 0.364. The molecule has 2 aromatic heterocycles. The van der Waals surface area contributed by atoms with Gasteiger partial charge in [-0.25, -0.2) is 4.98 Å². The molecule has 5 heteroatoms. The zero-order valence-electron chi connectivity index (χ0n) is 11.4. The van der Waals surface area contributed by atoms with E-state index in [1.807, 2.05) is 6.20 Å². The third-order valence-electron chi connectivity index (χ3n) is 3.09. The van der Waals surface area contributed by atoms with Gasteiger partial charge in [-0.05, 0) is 52.6 Å². The zero-order chi connectivity index (χ0) is 13.7. The average Bonchev–Trinajstić information content (AvgIpc) is 2.99. The van der Waals surface area contributed by atoms with Crippen molar-refractivity contribution in [1.82, 2.24) is 14.9 Å². The van der Waals surface area contributed by atoms with Crippen LogP contribution in [0, 0.1) is 2.88 Å². The summed E-state index contributed by atoms with van der Waals surface area (Å²) in [7, 11) is 0. The summed E-state index contributed by atoms with van der Waals surface area (Å²) in [6.07, 6.45) is 6.09. The largest absolute Gasteiger partial charge is 0.335 e. The second kappa shape index (κ2) is 7.40. The fourth-order valence-electron chi connectivity index (χ4n) is 2.22. The van der Waals surface area contributed by atoms with Crippen LogP contribution < -0.4 is 5.32 Å². The molecular formula is C14H20IN3S. The van der Waals surface area contributed by atoms with E-state index in [0.29, 0.717) is 6.04 Å². The Morgan fingerprint density at radius 1 is 1.47 bits per heavy atom. The van der Waals surface area contributed by atoms with Gasteiger partial charge in [0.2, 0.25) is 0 Å². The molecule has 0 radical (unpaired) electrons. The highest BCUT2D eigenvalue weighted by Gasteiger charge is 2.15. The van der Waals surface area contributed by atoms with Gasteiger partial charge in [0.15, 0.2) is 0 Å². The summed E-state index contributed by atoms with van der Waals surface area (Å²) in [5.41, 5.74) is 1.38. The van der Waals surface area contributed by atoms with Crippen LogP contribution in [0.5, 0.6) is 0 Å². The van der Waals surface area contributed by atoms with Crippen LogP contribution >= 0.6 is 33.9 Å². The number of aryl methyl sites for hydroxylation is 1. The SMILES string of the molecule is CCCn1ccnc1CC(NCC)c1csc(I)c1. The van der Waals surface area contributed by atoms with Gasteiger partial charge in [-0.2, -0.15) is 0 Å². The van der Waals surface area contributed by atoms with E-state index in [1.54, 1.807) is 11.3 Å². The molecule has 1 unspecified atom stereocenters. The molecule has 0 aliphatic rings. The third-order valence-corrected chi connectivity index (χ3v) is 4.90. The first kappa shape index (κ1) is 15.0. The van der Waals surface area contributed by atoms with Crippen molar-refractivity contribution in [3.05, 3.63) is 38.1 Å². The molecule has 3 nitrogen and oxygen atoms in total. The molecule has 2 aromatic rings. The van der Waals surface area contributed by atoms with Gasteiger partial charge in [0.25, 0.3) is 0 Å². The van der Waals surface area contributed by atoms with Gasteiger partial charge in [0.05, 0.1) is 2.88 Å². The van der Waals surface area contributed by atoms with Crippen molar-refractivity contribution in [3.63, 3.8) is 0 Å². The number of rotatable bonds is 7. The van der Waals surface area contributed by atoms with Gasteiger partial charge < -0.3 is 9.88 Å². The van der Waals surface area contributed by atoms with Crippen LogP contribution in [0.2, 0.25) is 0 Å². The second-order valence-electron chi connectivity index (χ2n) is 4.54. The van der Waals surface area contributed by atoms with E-state index in [2.05, 4.69) is 68.9 Å². The number of likely N-dealkylation sites (N-methyl/N-ethyl adjacent to an activating group) is 1. The van der Waals surface area contributed by atoms with Gasteiger partial charge >= 0.3 is 0 Å². The van der Waals surface area contributed by atoms with Gasteiger partial charge in [-0.3, -0.25) is 0 Å². The van der Waals surface area contributed by atoms with E-state index in [-0.39, 0.29) is 0 Å². The van der Waals surface area contributed by atoms with Gasteiger partial charge in [0.1, 0.15) is 5.82 Å². The van der Waals surface area contributed by atoms with Crippen molar-refractivity contribution < 1.29 is 0 Å². The number of aromatic nitrogens is 2. The quantitative estimate of drug-likeness (QED) is 0.729. The number of nitrogens with one attached hydrogen (secondary N) is 1. The van der Waals surface area contributed by atoms with Crippen LogP contribution in [0.3, 0.4) is 0 Å². The summed E-state index contributed by atoms with van der Waals surface area (Å²) < 4.78 is 3.61. The molecule has 1 N–H and O–H groups in total. The van der Waals surface area contributed by atoms with Crippen molar-refractivity contribution in [3.8, 4) is 0 Å². The van der Waals surface area contributed by atoms with Crippen LogP contribution in [0.25, 0.3) is 0 Å². The summed E-state index contributed by atoms with van der Waals surface area (Å²) in [6, 6.07) is 2.63. The topological polar surface area (TPSA) is 29.9 Å². The minimum Gasteiger partial charge on any atom is -0.335 e. The van der Waals surface area contributed by atoms with Crippen molar-refractivity contribution in [2.45, 2.75) is 39.3 Å². The summed E-state index contributed by atoms with van der Waals surface area (Å²) in [6.45, 7) is 6.39. The Morgan fingerprint density at radius 2 is 2.32 bits per heavy atom. The summed E-state index contributed by atoms with van der Waals surface area (Å²) in [4.78, 5) is 4.51. The highest BCUT2D eigenvalue weighted by Crippen LogP contribution is 2.24. The number of imidazole rings is 1. The van der Waals surface area contributed by atoms with Crippen molar-refractivity contribution in [1.29, 1.82) is 0 Å². The third kappa shape index (κ3) is 4.03. The molecule has 1 atom stereocenters. The van der Waals surface area contributed by atoms with E-state index in [9.17, 15) is 0 Å². The lowest BCUT2D eigenvalue weighted by atomic mass is 10.1. The second-order valence-corrected chi connectivity index (χ2v) is 7.34. The van der Waals surface area contributed by atoms with Crippen LogP contribution in [0.1, 0.15) is 37.7 Å². The number of hydrogen-bond donors (Lipinski definition) is 1. The molecule has 19 heavy (non-hydrogen) atoms. The molecule has 2 heterocycles. The maximum Gasteiger partial charge on any atom is 0.110 e. The Morgan fingerprint density at radius 3 is 2.95 bits per heavy atom. The Hall–Kier alpha value is -0.400. The number of halogens is 1. The monoisotopic (exact) mass is 389 g/mol. The number of hydrogen-bond acceptors (Lipinski definition) is 3. The predicted octanol–water partition coefficient (Wildman–Crippen LogP) is 3.85. The first-order valence-electron chi connectivity index (χ1n) is 6.71. The zero-order valence-corrected chi connectivity index (χ0v) is 14.4. The molecule has 0 saturated carbocycles. The molecule has 0 aliphatic heterocycles. The maximum atomic E-state index is 4.51. The molecule has 0 saturated heterocycles. The lowest BCUT2D eigenvalue weighted by molar-refractivity contribution is 0.517. The standard InChI is InChI=1S/C14H20IN3S/c1-3-6-18-7-5-17-14(18)9-12(16-4-2)11-8-13(15)19-10-11/h5,7-8,10,12,16H,3-4,6,9H2,1-2H3. The molecular weight excluding hydrogens is 369 g/mol. The smallest absolute Gasteiger partial charge is 0.110 e. The average molecular weight is 389 g/mol. The maximum absolute atomic E-state index is 4.51. The lowest BCUT2D eigenvalue weighted by Crippen LogP contribution is -2.24. The molecule has 104 valence electrons. The Kier molecular flexibility index (Phi) is 5.84. The lowest BCUT2D eigenvalue weighted by Gasteiger charge is -2.17. The Labute approximate surface area is 132 Å². The van der Waals surface area contributed by atoms with Gasteiger partial charge in [-0.15, -0.1) is 11.3 Å². The van der Waals surface area contributed by atoms with Crippen LogP contribution in [0.15, 0.2) is 23.8 Å². The van der Waals surface area contributed by atoms with Crippen molar-refractivity contribution >= 4 is 33.9 Å². The molecule has 0 fully saturated rings. The predicted molar refractivity (Wildman–Crippen MR) is 89.7 cm³/mol. The van der Waals surface area contributed by atoms with Gasteiger partial charge in [-0.1, -0.05) is 13.8 Å². The first-order valence-corrected chi connectivity index (χ1v) is 8.67. The van der Waals surface area contributed by atoms with Crippen molar-refractivity contribution in [2.24, 2.45) is 0 Å². The molecule has 0 bridgehead atoms. The van der Waals surface area contributed by atoms with Crippen molar-refractivity contribution in [2.75, 3.05) is 6.54 Å². The number of nitrogens with zero attached hydrogens (tertiary/aromatic N) is 2. The van der Waals surface area contributed by atoms with Crippen LogP contribution in [-0.2, 0) is 13.0 Å². The van der Waals surface area contributed by atoms with Gasteiger partial charge in [0, 0.05) is 31.4 Å². The molecule has 0 aromatic carbocycles. The fraction of sp³-hybridized carbons (Fsp3) is 0.500. The molecule has 0 aliphatic carbocycles. The van der Waals surface area contributed by atoms with E-state index >= 15 is 0 Å². The molecule has 0 spiro atoms. The van der Waals surface area contributed by atoms with E-state index in [1.165, 1.54) is 14.3 Å². The Bertz CT molecular complexity index is 506. The van der Waals surface area contributed by atoms with E-state index in [4.69, 9.17) is 0 Å². The number of thiophene rings is 1. The minimum atomic E-state index is 0.364. The van der Waals surface area contributed by atoms with Crippen LogP contribution in [-0.4, -0.2) is 16.1 Å². The van der Waals surface area contributed by atoms with E-state index in [0.717, 1.165) is 25.9 Å². The molecule has 0 amide bonds.